The lowest BCUT2D eigenvalue weighted by molar-refractivity contribution is -0.115. The second-order valence-corrected chi connectivity index (χ2v) is 6.85. The van der Waals surface area contributed by atoms with Gasteiger partial charge < -0.3 is 10.1 Å². The van der Waals surface area contributed by atoms with E-state index in [-0.39, 0.29) is 5.91 Å². The third-order valence-electron chi connectivity index (χ3n) is 3.54. The second kappa shape index (κ2) is 7.76. The molecule has 1 N–H and O–H groups in total. The van der Waals surface area contributed by atoms with Crippen molar-refractivity contribution in [2.45, 2.75) is 13.8 Å². The summed E-state index contributed by atoms with van der Waals surface area (Å²) in [5, 5.41) is 4.01. The molecular weight excluding hydrogens is 356 g/mol. The van der Waals surface area contributed by atoms with Crippen LogP contribution < -0.4 is 10.1 Å². The fourth-order valence-corrected chi connectivity index (χ4v) is 3.41. The standard InChI is InChI=1S/C19H17ClN2O2S/c1-3-24-16-7-5-4-6-13(16)11-17-18(23)22-19(25-17)21-15-9-8-14(20)10-12(15)2/h4-11H,3H2,1-2H3,(H,21,22,23)/b17-11-. The van der Waals surface area contributed by atoms with E-state index in [0.29, 0.717) is 21.7 Å². The lowest BCUT2D eigenvalue weighted by Crippen LogP contribution is -2.19. The van der Waals surface area contributed by atoms with Gasteiger partial charge in [-0.3, -0.25) is 4.79 Å². The summed E-state index contributed by atoms with van der Waals surface area (Å²) in [7, 11) is 0. The molecule has 3 rings (SSSR count). The number of amides is 1. The number of hydrogen-bond acceptors (Lipinski definition) is 4. The predicted octanol–water partition coefficient (Wildman–Crippen LogP) is 4.94. The Labute approximate surface area is 155 Å². The second-order valence-electron chi connectivity index (χ2n) is 5.38. The maximum atomic E-state index is 12.2. The summed E-state index contributed by atoms with van der Waals surface area (Å²) >= 11 is 7.28. The van der Waals surface area contributed by atoms with Gasteiger partial charge in [0.1, 0.15) is 5.75 Å². The van der Waals surface area contributed by atoms with E-state index < -0.39 is 0 Å². The Hall–Kier alpha value is -2.24. The Morgan fingerprint density at radius 3 is 2.84 bits per heavy atom. The van der Waals surface area contributed by atoms with Gasteiger partial charge in [0, 0.05) is 10.6 Å². The minimum Gasteiger partial charge on any atom is -0.493 e. The lowest BCUT2D eigenvalue weighted by atomic mass is 10.2. The van der Waals surface area contributed by atoms with Gasteiger partial charge in [0.05, 0.1) is 17.2 Å². The van der Waals surface area contributed by atoms with Crippen molar-refractivity contribution in [1.29, 1.82) is 0 Å². The van der Waals surface area contributed by atoms with E-state index in [1.165, 1.54) is 11.8 Å². The third-order valence-corrected chi connectivity index (χ3v) is 4.68. The summed E-state index contributed by atoms with van der Waals surface area (Å²) in [5.41, 5.74) is 2.60. The minimum atomic E-state index is -0.165. The molecule has 0 aromatic heterocycles. The Morgan fingerprint density at radius 1 is 1.28 bits per heavy atom. The highest BCUT2D eigenvalue weighted by Gasteiger charge is 2.24. The SMILES string of the molecule is CCOc1ccccc1/C=C1\SC(=Nc2ccc(Cl)cc2C)NC1=O. The van der Waals surface area contributed by atoms with Crippen molar-refractivity contribution in [2.75, 3.05) is 6.61 Å². The fraction of sp³-hybridized carbons (Fsp3) is 0.158. The summed E-state index contributed by atoms with van der Waals surface area (Å²) in [6.45, 7) is 4.43. The lowest BCUT2D eigenvalue weighted by Gasteiger charge is -2.06. The van der Waals surface area contributed by atoms with E-state index >= 15 is 0 Å². The first kappa shape index (κ1) is 17.6. The molecule has 0 radical (unpaired) electrons. The molecule has 1 heterocycles. The van der Waals surface area contributed by atoms with Crippen molar-refractivity contribution in [2.24, 2.45) is 4.99 Å². The Morgan fingerprint density at radius 2 is 2.08 bits per heavy atom. The third kappa shape index (κ3) is 4.24. The van der Waals surface area contributed by atoms with E-state index in [9.17, 15) is 4.79 Å². The highest BCUT2D eigenvalue weighted by atomic mass is 35.5. The first-order chi connectivity index (χ1) is 12.1. The van der Waals surface area contributed by atoms with Crippen molar-refractivity contribution in [1.82, 2.24) is 5.32 Å². The van der Waals surface area contributed by atoms with Crippen molar-refractivity contribution < 1.29 is 9.53 Å². The van der Waals surface area contributed by atoms with Gasteiger partial charge >= 0.3 is 0 Å². The number of carbonyl (C=O) groups excluding carboxylic acids is 1. The molecule has 1 saturated heterocycles. The molecule has 1 aliphatic rings. The van der Waals surface area contributed by atoms with Gasteiger partial charge in [-0.05, 0) is 61.5 Å². The summed E-state index contributed by atoms with van der Waals surface area (Å²) < 4.78 is 5.60. The van der Waals surface area contributed by atoms with Gasteiger partial charge in [-0.15, -0.1) is 0 Å². The van der Waals surface area contributed by atoms with Crippen molar-refractivity contribution in [3.05, 3.63) is 63.5 Å². The average molecular weight is 373 g/mol. The van der Waals surface area contributed by atoms with Crippen LogP contribution in [0.1, 0.15) is 18.1 Å². The number of aryl methyl sites for hydroxylation is 1. The topological polar surface area (TPSA) is 50.7 Å². The quantitative estimate of drug-likeness (QED) is 0.773. The number of benzene rings is 2. The van der Waals surface area contributed by atoms with Crippen LogP contribution in [0, 0.1) is 6.92 Å². The zero-order chi connectivity index (χ0) is 17.8. The number of carbonyl (C=O) groups is 1. The largest absolute Gasteiger partial charge is 0.493 e. The number of thioether (sulfide) groups is 1. The summed E-state index contributed by atoms with van der Waals surface area (Å²) in [6, 6.07) is 13.1. The highest BCUT2D eigenvalue weighted by molar-refractivity contribution is 8.18. The number of ether oxygens (including phenoxy) is 1. The van der Waals surface area contributed by atoms with Crippen LogP contribution in [-0.2, 0) is 4.79 Å². The number of halogens is 1. The Kier molecular flexibility index (Phi) is 5.46. The van der Waals surface area contributed by atoms with Crippen LogP contribution in [0.4, 0.5) is 5.69 Å². The molecule has 1 fully saturated rings. The molecule has 2 aromatic carbocycles. The molecule has 0 atom stereocenters. The smallest absolute Gasteiger partial charge is 0.264 e. The average Bonchev–Trinajstić information content (AvgIpc) is 2.92. The molecule has 1 amide bonds. The minimum absolute atomic E-state index is 0.165. The summed E-state index contributed by atoms with van der Waals surface area (Å²) in [4.78, 5) is 17.3. The first-order valence-electron chi connectivity index (χ1n) is 7.84. The van der Waals surface area contributed by atoms with Gasteiger partial charge in [0.25, 0.3) is 5.91 Å². The van der Waals surface area contributed by atoms with Gasteiger partial charge in [0.2, 0.25) is 0 Å². The van der Waals surface area contributed by atoms with Gasteiger partial charge in [-0.1, -0.05) is 29.8 Å². The monoisotopic (exact) mass is 372 g/mol. The van der Waals surface area contributed by atoms with E-state index in [0.717, 1.165) is 22.6 Å². The van der Waals surface area contributed by atoms with Crippen LogP contribution in [0.5, 0.6) is 5.75 Å². The number of rotatable bonds is 4. The molecule has 0 aliphatic carbocycles. The van der Waals surface area contributed by atoms with Gasteiger partial charge in [-0.25, -0.2) is 4.99 Å². The maximum absolute atomic E-state index is 12.2. The van der Waals surface area contributed by atoms with Gasteiger partial charge in [0.15, 0.2) is 5.17 Å². The molecule has 0 unspecified atom stereocenters. The molecule has 128 valence electrons. The maximum Gasteiger partial charge on any atom is 0.264 e. The van der Waals surface area contributed by atoms with Crippen molar-refractivity contribution in [3.63, 3.8) is 0 Å². The van der Waals surface area contributed by atoms with E-state index in [1.54, 1.807) is 6.07 Å². The fourth-order valence-electron chi connectivity index (χ4n) is 2.36. The predicted molar refractivity (Wildman–Crippen MR) is 105 cm³/mol. The number of nitrogens with zero attached hydrogens (tertiary/aromatic N) is 1. The number of aliphatic imine (C=N–C) groups is 1. The molecule has 0 spiro atoms. The summed E-state index contributed by atoms with van der Waals surface area (Å²) in [6.07, 6.45) is 1.82. The number of para-hydroxylation sites is 1. The van der Waals surface area contributed by atoms with E-state index in [1.807, 2.05) is 56.3 Å². The van der Waals surface area contributed by atoms with Crippen LogP contribution in [0.2, 0.25) is 5.02 Å². The molecular formula is C19H17ClN2O2S. The highest BCUT2D eigenvalue weighted by Crippen LogP contribution is 2.31. The van der Waals surface area contributed by atoms with Crippen LogP contribution in [0.15, 0.2) is 52.4 Å². The summed E-state index contributed by atoms with van der Waals surface area (Å²) in [5.74, 6) is 0.589. The molecule has 25 heavy (non-hydrogen) atoms. The molecule has 0 saturated carbocycles. The van der Waals surface area contributed by atoms with Crippen LogP contribution >= 0.6 is 23.4 Å². The molecule has 1 aliphatic heterocycles. The van der Waals surface area contributed by atoms with Gasteiger partial charge in [-0.2, -0.15) is 0 Å². The van der Waals surface area contributed by atoms with Crippen molar-refractivity contribution >= 4 is 46.2 Å². The first-order valence-corrected chi connectivity index (χ1v) is 9.04. The zero-order valence-electron chi connectivity index (χ0n) is 13.9. The molecule has 2 aromatic rings. The van der Waals surface area contributed by atoms with Crippen LogP contribution in [-0.4, -0.2) is 17.7 Å². The zero-order valence-corrected chi connectivity index (χ0v) is 15.4. The van der Waals surface area contributed by atoms with Crippen molar-refractivity contribution in [3.8, 4) is 5.75 Å². The Balaban J connectivity index is 1.86. The normalized spacial score (nSPS) is 17.2. The Bertz CT molecular complexity index is 877. The van der Waals surface area contributed by atoms with Crippen LogP contribution in [0.3, 0.4) is 0 Å². The van der Waals surface area contributed by atoms with E-state index in [2.05, 4.69) is 10.3 Å². The molecule has 4 nitrogen and oxygen atoms in total. The van der Waals surface area contributed by atoms with E-state index in [4.69, 9.17) is 16.3 Å². The number of hydrogen-bond donors (Lipinski definition) is 1. The van der Waals surface area contributed by atoms with Crippen LogP contribution in [0.25, 0.3) is 6.08 Å². The number of nitrogens with one attached hydrogen (secondary N) is 1. The molecule has 6 heteroatoms. The number of amidine groups is 1. The molecule has 0 bridgehead atoms.